The summed E-state index contributed by atoms with van der Waals surface area (Å²) in [6.45, 7) is 2.02. The van der Waals surface area contributed by atoms with E-state index < -0.39 is 10.0 Å². The molecule has 106 valence electrons. The van der Waals surface area contributed by atoms with E-state index in [1.54, 1.807) is 0 Å². The highest BCUT2D eigenvalue weighted by Gasteiger charge is 2.19. The van der Waals surface area contributed by atoms with Crippen LogP contribution in [0.1, 0.15) is 43.2 Å². The van der Waals surface area contributed by atoms with Crippen LogP contribution in [0.25, 0.3) is 0 Å². The molecule has 1 fully saturated rings. The molecule has 0 unspecified atom stereocenters. The van der Waals surface area contributed by atoms with Gasteiger partial charge in [-0.2, -0.15) is 0 Å². The van der Waals surface area contributed by atoms with Crippen molar-refractivity contribution >= 4 is 10.0 Å². The van der Waals surface area contributed by atoms with Crippen molar-refractivity contribution in [3.63, 3.8) is 0 Å². The lowest BCUT2D eigenvalue weighted by Gasteiger charge is -2.22. The van der Waals surface area contributed by atoms with E-state index in [0.29, 0.717) is 6.42 Å². The zero-order chi connectivity index (χ0) is 13.7. The van der Waals surface area contributed by atoms with Gasteiger partial charge in [0.05, 0.1) is 5.75 Å². The van der Waals surface area contributed by atoms with E-state index in [2.05, 4.69) is 4.72 Å². The third kappa shape index (κ3) is 4.62. The van der Waals surface area contributed by atoms with Crippen LogP contribution in [-0.4, -0.2) is 20.2 Å². The Labute approximate surface area is 116 Å². The van der Waals surface area contributed by atoms with E-state index in [0.717, 1.165) is 36.8 Å². The fourth-order valence-electron chi connectivity index (χ4n) is 2.67. The van der Waals surface area contributed by atoms with Crippen molar-refractivity contribution in [1.29, 1.82) is 0 Å². The number of aryl methyl sites for hydroxylation is 2. The lowest BCUT2D eigenvalue weighted by Crippen LogP contribution is -2.38. The molecule has 3 nitrogen and oxygen atoms in total. The summed E-state index contributed by atoms with van der Waals surface area (Å²) in [6, 6.07) is 8.13. The molecule has 1 N–H and O–H groups in total. The molecule has 1 aromatic rings. The highest BCUT2D eigenvalue weighted by molar-refractivity contribution is 7.89. The zero-order valence-corrected chi connectivity index (χ0v) is 12.4. The Hall–Kier alpha value is -0.870. The molecule has 1 saturated carbocycles. The average Bonchev–Trinajstić information content (AvgIpc) is 2.38. The first-order valence-corrected chi connectivity index (χ1v) is 8.76. The standard InChI is InChI=1S/C15H23NO2S/c1-13-7-5-6-8-14(13)11-12-19(17,18)16-15-9-3-2-4-10-15/h5-8,15-16H,2-4,9-12H2,1H3. The largest absolute Gasteiger partial charge is 0.212 e. The number of sulfonamides is 1. The molecule has 0 radical (unpaired) electrons. The number of hydrogen-bond donors (Lipinski definition) is 1. The molecule has 19 heavy (non-hydrogen) atoms. The van der Waals surface area contributed by atoms with E-state index in [-0.39, 0.29) is 11.8 Å². The first kappa shape index (κ1) is 14.5. The molecule has 0 saturated heterocycles. The van der Waals surface area contributed by atoms with Gasteiger partial charge in [-0.1, -0.05) is 43.5 Å². The third-order valence-corrected chi connectivity index (χ3v) is 5.29. The van der Waals surface area contributed by atoms with E-state index in [9.17, 15) is 8.42 Å². The van der Waals surface area contributed by atoms with Gasteiger partial charge < -0.3 is 0 Å². The second kappa shape index (κ2) is 6.53. The molecule has 0 heterocycles. The topological polar surface area (TPSA) is 46.2 Å². The summed E-state index contributed by atoms with van der Waals surface area (Å²) in [6.07, 6.45) is 6.10. The normalized spacial score (nSPS) is 17.5. The summed E-state index contributed by atoms with van der Waals surface area (Å²) in [5.74, 6) is 0.189. The molecule has 0 atom stereocenters. The summed E-state index contributed by atoms with van der Waals surface area (Å²) in [5, 5.41) is 0. The highest BCUT2D eigenvalue weighted by Crippen LogP contribution is 2.18. The molecule has 1 aliphatic rings. The Kier molecular flexibility index (Phi) is 4.99. The highest BCUT2D eigenvalue weighted by atomic mass is 32.2. The van der Waals surface area contributed by atoms with Crippen molar-refractivity contribution in [2.45, 2.75) is 51.5 Å². The molecule has 4 heteroatoms. The van der Waals surface area contributed by atoms with Crippen LogP contribution in [0.3, 0.4) is 0 Å². The van der Waals surface area contributed by atoms with Crippen LogP contribution >= 0.6 is 0 Å². The lowest BCUT2D eigenvalue weighted by molar-refractivity contribution is 0.412. The maximum atomic E-state index is 12.1. The lowest BCUT2D eigenvalue weighted by atomic mass is 9.96. The molecular formula is C15H23NO2S. The van der Waals surface area contributed by atoms with Crippen molar-refractivity contribution in [2.75, 3.05) is 5.75 Å². The maximum absolute atomic E-state index is 12.1. The van der Waals surface area contributed by atoms with Crippen molar-refractivity contribution < 1.29 is 8.42 Å². The minimum Gasteiger partial charge on any atom is -0.212 e. The SMILES string of the molecule is Cc1ccccc1CCS(=O)(=O)NC1CCCCC1. The van der Waals surface area contributed by atoms with Crippen LogP contribution in [0.2, 0.25) is 0 Å². The predicted molar refractivity (Wildman–Crippen MR) is 78.7 cm³/mol. The van der Waals surface area contributed by atoms with E-state index in [1.807, 2.05) is 31.2 Å². The van der Waals surface area contributed by atoms with Gasteiger partial charge in [0.1, 0.15) is 0 Å². The summed E-state index contributed by atoms with van der Waals surface area (Å²) in [4.78, 5) is 0. The molecule has 0 spiro atoms. The van der Waals surface area contributed by atoms with E-state index >= 15 is 0 Å². The predicted octanol–water partition coefficient (Wildman–Crippen LogP) is 2.79. The molecule has 2 rings (SSSR count). The molecule has 0 aromatic heterocycles. The van der Waals surface area contributed by atoms with Gasteiger partial charge in [0.2, 0.25) is 10.0 Å². The quantitative estimate of drug-likeness (QED) is 0.902. The van der Waals surface area contributed by atoms with Crippen molar-refractivity contribution in [3.05, 3.63) is 35.4 Å². The van der Waals surface area contributed by atoms with Gasteiger partial charge in [-0.15, -0.1) is 0 Å². The first-order chi connectivity index (χ1) is 9.07. The number of benzene rings is 1. The smallest absolute Gasteiger partial charge is 0.212 e. The van der Waals surface area contributed by atoms with Gasteiger partial charge in [-0.05, 0) is 37.3 Å². The van der Waals surface area contributed by atoms with Crippen LogP contribution in [0.5, 0.6) is 0 Å². The second-order valence-electron chi connectivity index (χ2n) is 5.45. The second-order valence-corrected chi connectivity index (χ2v) is 7.32. The van der Waals surface area contributed by atoms with Crippen LogP contribution in [0.4, 0.5) is 0 Å². The molecule has 0 aliphatic heterocycles. The number of nitrogens with one attached hydrogen (secondary N) is 1. The van der Waals surface area contributed by atoms with Crippen LogP contribution in [0, 0.1) is 6.92 Å². The van der Waals surface area contributed by atoms with E-state index in [1.165, 1.54) is 6.42 Å². The average molecular weight is 281 g/mol. The fraction of sp³-hybridized carbons (Fsp3) is 0.600. The third-order valence-electron chi connectivity index (χ3n) is 3.85. The maximum Gasteiger partial charge on any atom is 0.212 e. The van der Waals surface area contributed by atoms with Crippen LogP contribution < -0.4 is 4.72 Å². The zero-order valence-electron chi connectivity index (χ0n) is 11.6. The monoisotopic (exact) mass is 281 g/mol. The summed E-state index contributed by atoms with van der Waals surface area (Å²) in [7, 11) is -3.15. The molecule has 1 aromatic carbocycles. The summed E-state index contributed by atoms with van der Waals surface area (Å²) < 4.78 is 27.0. The van der Waals surface area contributed by atoms with Crippen LogP contribution in [0.15, 0.2) is 24.3 Å². The Morgan fingerprint density at radius 2 is 1.84 bits per heavy atom. The first-order valence-electron chi connectivity index (χ1n) is 7.11. The van der Waals surface area contributed by atoms with Gasteiger partial charge in [0.25, 0.3) is 0 Å². The minimum atomic E-state index is -3.15. The van der Waals surface area contributed by atoms with Gasteiger partial charge in [-0.3, -0.25) is 0 Å². The van der Waals surface area contributed by atoms with Crippen molar-refractivity contribution in [1.82, 2.24) is 4.72 Å². The van der Waals surface area contributed by atoms with Crippen molar-refractivity contribution in [3.8, 4) is 0 Å². The summed E-state index contributed by atoms with van der Waals surface area (Å²) >= 11 is 0. The summed E-state index contributed by atoms with van der Waals surface area (Å²) in [5.41, 5.74) is 2.28. The molecule has 0 bridgehead atoms. The van der Waals surface area contributed by atoms with Crippen molar-refractivity contribution in [2.24, 2.45) is 0 Å². The number of hydrogen-bond acceptors (Lipinski definition) is 2. The van der Waals surface area contributed by atoms with Gasteiger partial charge in [-0.25, -0.2) is 13.1 Å². The Morgan fingerprint density at radius 1 is 1.16 bits per heavy atom. The fourth-order valence-corrected chi connectivity index (χ4v) is 4.02. The van der Waals surface area contributed by atoms with Gasteiger partial charge >= 0.3 is 0 Å². The Balaban J connectivity index is 1.88. The molecule has 0 amide bonds. The molecular weight excluding hydrogens is 258 g/mol. The number of rotatable bonds is 5. The Bertz CT molecular complexity index is 505. The van der Waals surface area contributed by atoms with Crippen LogP contribution in [-0.2, 0) is 16.4 Å². The van der Waals surface area contributed by atoms with Gasteiger partial charge in [0, 0.05) is 6.04 Å². The van der Waals surface area contributed by atoms with E-state index in [4.69, 9.17) is 0 Å². The molecule has 1 aliphatic carbocycles. The van der Waals surface area contributed by atoms with Gasteiger partial charge in [0.15, 0.2) is 0 Å². The Morgan fingerprint density at radius 3 is 2.53 bits per heavy atom. The minimum absolute atomic E-state index is 0.163.